The smallest absolute Gasteiger partial charge is 0.118 e. The van der Waals surface area contributed by atoms with Crippen molar-refractivity contribution in [3.05, 3.63) is 42.2 Å². The Balaban J connectivity index is 1.45. The molecule has 0 saturated heterocycles. The average Bonchev–Trinajstić information content (AvgIpc) is 2.67. The molecule has 24 heavy (non-hydrogen) atoms. The van der Waals surface area contributed by atoms with Crippen molar-refractivity contribution >= 4 is 0 Å². The molecule has 1 aromatic rings. The van der Waals surface area contributed by atoms with Crippen molar-refractivity contribution in [3.63, 3.8) is 0 Å². The normalized spacial score (nSPS) is 31.2. The third-order valence-corrected chi connectivity index (χ3v) is 6.48. The van der Waals surface area contributed by atoms with E-state index < -0.39 is 0 Å². The van der Waals surface area contributed by atoms with Gasteiger partial charge in [-0.25, -0.2) is 4.39 Å². The molecule has 0 aliphatic heterocycles. The van der Waals surface area contributed by atoms with Crippen LogP contribution in [-0.4, -0.2) is 7.11 Å². The molecule has 2 aliphatic rings. The topological polar surface area (TPSA) is 9.23 Å². The van der Waals surface area contributed by atoms with Gasteiger partial charge in [-0.05, 0) is 99.2 Å². The molecule has 2 fully saturated rings. The Labute approximate surface area is 146 Å². The number of methoxy groups -OCH3 is 1. The molecule has 0 radical (unpaired) electrons. The van der Waals surface area contributed by atoms with E-state index in [4.69, 9.17) is 4.74 Å². The summed E-state index contributed by atoms with van der Waals surface area (Å²) in [5, 5.41) is 0. The third-order valence-electron chi connectivity index (χ3n) is 6.48. The van der Waals surface area contributed by atoms with Gasteiger partial charge in [0.2, 0.25) is 0 Å². The summed E-state index contributed by atoms with van der Waals surface area (Å²) in [5.41, 5.74) is 1.48. The second-order valence-electron chi connectivity index (χ2n) is 7.76. The maximum Gasteiger partial charge on any atom is 0.118 e. The van der Waals surface area contributed by atoms with Gasteiger partial charge in [0.1, 0.15) is 5.75 Å². The molecule has 0 bridgehead atoms. The maximum atomic E-state index is 12.1. The van der Waals surface area contributed by atoms with E-state index in [0.717, 1.165) is 35.8 Å². The predicted molar refractivity (Wildman–Crippen MR) is 98.0 cm³/mol. The van der Waals surface area contributed by atoms with E-state index in [-0.39, 0.29) is 0 Å². The summed E-state index contributed by atoms with van der Waals surface area (Å²) in [6.45, 7) is 0. The largest absolute Gasteiger partial charge is 0.497 e. The Kier molecular flexibility index (Phi) is 6.34. The summed E-state index contributed by atoms with van der Waals surface area (Å²) >= 11 is 0. The van der Waals surface area contributed by atoms with E-state index in [1.165, 1.54) is 56.9 Å². The molecule has 0 atom stereocenters. The van der Waals surface area contributed by atoms with E-state index in [2.05, 4.69) is 24.3 Å². The van der Waals surface area contributed by atoms with Gasteiger partial charge in [-0.1, -0.05) is 18.2 Å². The van der Waals surface area contributed by atoms with Gasteiger partial charge in [0.05, 0.1) is 13.4 Å². The van der Waals surface area contributed by atoms with Crippen molar-refractivity contribution in [2.45, 2.75) is 63.7 Å². The lowest BCUT2D eigenvalue weighted by Gasteiger charge is -2.38. The highest BCUT2D eigenvalue weighted by Crippen LogP contribution is 2.44. The summed E-state index contributed by atoms with van der Waals surface area (Å²) < 4.78 is 17.4. The second kappa shape index (κ2) is 8.69. The van der Waals surface area contributed by atoms with Crippen LogP contribution in [0.4, 0.5) is 4.39 Å². The van der Waals surface area contributed by atoms with Gasteiger partial charge in [0.25, 0.3) is 0 Å². The number of hydrogen-bond acceptors (Lipinski definition) is 1. The van der Waals surface area contributed by atoms with Crippen molar-refractivity contribution in [2.24, 2.45) is 17.8 Å². The van der Waals surface area contributed by atoms with Gasteiger partial charge in [0.15, 0.2) is 0 Å². The second-order valence-corrected chi connectivity index (χ2v) is 7.76. The minimum atomic E-state index is 0.715. The summed E-state index contributed by atoms with van der Waals surface area (Å²) in [4.78, 5) is 0. The maximum absolute atomic E-state index is 12.1. The Hall–Kier alpha value is -1.31. The van der Waals surface area contributed by atoms with E-state index in [9.17, 15) is 4.39 Å². The zero-order chi connectivity index (χ0) is 16.8. The standard InChI is InChI=1S/C22H31FO/c1-24-22-14-12-21(13-15-22)20-10-8-19(9-11-20)18-6-4-17(5-7-18)3-2-16-23/h2,12-20H,3-11H2,1H3/b16-2+. The molecule has 1 nitrogen and oxygen atoms in total. The molecular formula is C22H31FO. The lowest BCUT2D eigenvalue weighted by Crippen LogP contribution is -2.25. The first kappa shape index (κ1) is 17.5. The van der Waals surface area contributed by atoms with E-state index in [1.54, 1.807) is 13.2 Å². The fourth-order valence-corrected chi connectivity index (χ4v) is 4.94. The van der Waals surface area contributed by atoms with Gasteiger partial charge in [-0.15, -0.1) is 0 Å². The number of rotatable bonds is 5. The van der Waals surface area contributed by atoms with Crippen LogP contribution in [0, 0.1) is 17.8 Å². The average molecular weight is 330 g/mol. The van der Waals surface area contributed by atoms with Crippen LogP contribution in [0.1, 0.15) is 69.3 Å². The molecule has 2 heteroatoms. The molecule has 1 aromatic carbocycles. The number of benzene rings is 1. The minimum Gasteiger partial charge on any atom is -0.497 e. The van der Waals surface area contributed by atoms with Crippen molar-refractivity contribution in [2.75, 3.05) is 7.11 Å². The van der Waals surface area contributed by atoms with E-state index >= 15 is 0 Å². The summed E-state index contributed by atoms with van der Waals surface area (Å²) in [6, 6.07) is 8.67. The van der Waals surface area contributed by atoms with Crippen LogP contribution in [0.2, 0.25) is 0 Å². The first-order valence-corrected chi connectivity index (χ1v) is 9.69. The van der Waals surface area contributed by atoms with Crippen LogP contribution >= 0.6 is 0 Å². The van der Waals surface area contributed by atoms with Crippen LogP contribution in [0.3, 0.4) is 0 Å². The Morgan fingerprint density at radius 2 is 1.50 bits per heavy atom. The Morgan fingerprint density at radius 3 is 2.04 bits per heavy atom. The molecule has 0 amide bonds. The number of ether oxygens (including phenoxy) is 1. The SMILES string of the molecule is COc1ccc(C2CCC(C3CCC(C/C=C/F)CC3)CC2)cc1. The fourth-order valence-electron chi connectivity index (χ4n) is 4.94. The quantitative estimate of drug-likeness (QED) is 0.587. The van der Waals surface area contributed by atoms with Crippen molar-refractivity contribution < 1.29 is 9.13 Å². The first-order valence-electron chi connectivity index (χ1n) is 9.69. The fraction of sp³-hybridized carbons (Fsp3) is 0.636. The van der Waals surface area contributed by atoms with Gasteiger partial charge in [-0.3, -0.25) is 0 Å². The van der Waals surface area contributed by atoms with Crippen LogP contribution in [-0.2, 0) is 0 Å². The lowest BCUT2D eigenvalue weighted by molar-refractivity contribution is 0.160. The molecule has 2 saturated carbocycles. The Morgan fingerprint density at radius 1 is 0.917 bits per heavy atom. The molecule has 0 N–H and O–H groups in total. The van der Waals surface area contributed by atoms with Crippen LogP contribution in [0.15, 0.2) is 36.7 Å². The molecule has 3 rings (SSSR count). The monoisotopic (exact) mass is 330 g/mol. The highest BCUT2D eigenvalue weighted by molar-refractivity contribution is 5.29. The van der Waals surface area contributed by atoms with Gasteiger partial charge >= 0.3 is 0 Å². The summed E-state index contributed by atoms with van der Waals surface area (Å²) in [6.07, 6.45) is 14.1. The van der Waals surface area contributed by atoms with Crippen molar-refractivity contribution in [3.8, 4) is 5.75 Å². The molecule has 0 unspecified atom stereocenters. The molecule has 0 aromatic heterocycles. The number of halogens is 1. The molecule has 2 aliphatic carbocycles. The highest BCUT2D eigenvalue weighted by Gasteiger charge is 2.30. The zero-order valence-electron chi connectivity index (χ0n) is 14.9. The van der Waals surface area contributed by atoms with Crippen LogP contribution < -0.4 is 4.74 Å². The van der Waals surface area contributed by atoms with Crippen LogP contribution in [0.25, 0.3) is 0 Å². The number of allylic oxidation sites excluding steroid dienone is 1. The summed E-state index contributed by atoms with van der Waals surface area (Å²) in [5.74, 6) is 4.26. The van der Waals surface area contributed by atoms with Crippen molar-refractivity contribution in [1.29, 1.82) is 0 Å². The van der Waals surface area contributed by atoms with Crippen LogP contribution in [0.5, 0.6) is 5.75 Å². The molecule has 0 spiro atoms. The first-order chi connectivity index (χ1) is 11.8. The minimum absolute atomic E-state index is 0.715. The molecule has 132 valence electrons. The lowest BCUT2D eigenvalue weighted by atomic mass is 9.68. The van der Waals surface area contributed by atoms with E-state index in [0.29, 0.717) is 6.33 Å². The third kappa shape index (κ3) is 4.40. The zero-order valence-corrected chi connectivity index (χ0v) is 14.9. The Bertz CT molecular complexity index is 505. The molecule has 0 heterocycles. The van der Waals surface area contributed by atoms with Gasteiger partial charge in [0, 0.05) is 0 Å². The van der Waals surface area contributed by atoms with Gasteiger partial charge in [-0.2, -0.15) is 0 Å². The van der Waals surface area contributed by atoms with E-state index in [1.807, 2.05) is 0 Å². The van der Waals surface area contributed by atoms with Crippen molar-refractivity contribution in [1.82, 2.24) is 0 Å². The highest BCUT2D eigenvalue weighted by atomic mass is 19.1. The van der Waals surface area contributed by atoms with Gasteiger partial charge < -0.3 is 4.74 Å². The number of hydrogen-bond donors (Lipinski definition) is 0. The molecular weight excluding hydrogens is 299 g/mol. The predicted octanol–water partition coefficient (Wildman–Crippen LogP) is 6.65. The summed E-state index contributed by atoms with van der Waals surface area (Å²) in [7, 11) is 1.73.